The van der Waals surface area contributed by atoms with E-state index in [9.17, 15) is 10.2 Å². The van der Waals surface area contributed by atoms with E-state index in [1.54, 1.807) is 48.8 Å². The first-order valence-corrected chi connectivity index (χ1v) is 9.75. The number of phenolic OH excluding ortho intramolecular Hbond substituents is 2. The molecule has 1 aliphatic heterocycles. The Morgan fingerprint density at radius 2 is 1.29 bits per heavy atom. The van der Waals surface area contributed by atoms with Crippen LogP contribution in [0.15, 0.2) is 82.8 Å². The summed E-state index contributed by atoms with van der Waals surface area (Å²) in [7, 11) is 0. The molecule has 163 valence electrons. The molecule has 0 amide bonds. The van der Waals surface area contributed by atoms with Gasteiger partial charge in [-0.2, -0.15) is 0 Å². The Hall–Kier alpha value is -3.09. The van der Waals surface area contributed by atoms with Crippen LogP contribution < -0.4 is 4.74 Å². The van der Waals surface area contributed by atoms with Crippen LogP contribution in [0, 0.1) is 6.92 Å². The summed E-state index contributed by atoms with van der Waals surface area (Å²) in [4.78, 5) is 8.39. The zero-order valence-corrected chi connectivity index (χ0v) is 18.1. The van der Waals surface area contributed by atoms with Gasteiger partial charge in [-0.3, -0.25) is 9.98 Å². The average molecular weight is 460 g/mol. The molecule has 0 saturated carbocycles. The number of hydrogen-bond acceptors (Lipinski definition) is 5. The Kier molecular flexibility index (Phi) is 9.80. The third-order valence-electron chi connectivity index (χ3n) is 4.49. The molecule has 1 radical (unpaired) electrons. The summed E-state index contributed by atoms with van der Waals surface area (Å²) >= 11 is 0. The summed E-state index contributed by atoms with van der Waals surface area (Å²) in [5.41, 5.74) is 2.62. The van der Waals surface area contributed by atoms with Crippen molar-refractivity contribution in [3.05, 3.63) is 96.4 Å². The van der Waals surface area contributed by atoms with Crippen molar-refractivity contribution < 1.29 is 31.7 Å². The van der Waals surface area contributed by atoms with Gasteiger partial charge in [0.25, 0.3) is 0 Å². The number of benzene rings is 3. The van der Waals surface area contributed by atoms with Gasteiger partial charge in [0.2, 0.25) is 0 Å². The first-order chi connectivity index (χ1) is 14.6. The van der Waals surface area contributed by atoms with E-state index in [1.165, 1.54) is 5.56 Å². The maximum Gasteiger partial charge on any atom is 0.124 e. The molecule has 1 heterocycles. The second-order valence-corrected chi connectivity index (χ2v) is 6.73. The van der Waals surface area contributed by atoms with Crippen molar-refractivity contribution >= 4 is 12.4 Å². The van der Waals surface area contributed by atoms with Gasteiger partial charge in [0.05, 0.1) is 19.7 Å². The summed E-state index contributed by atoms with van der Waals surface area (Å²) in [5.74, 6) is 1.77. The topological polar surface area (TPSA) is 74.4 Å². The van der Waals surface area contributed by atoms with Gasteiger partial charge in [-0.25, -0.2) is 0 Å². The van der Waals surface area contributed by atoms with Gasteiger partial charge in [-0.15, -0.1) is 5.92 Å². The van der Waals surface area contributed by atoms with Crippen molar-refractivity contribution in [2.45, 2.75) is 5.92 Å². The summed E-state index contributed by atoms with van der Waals surface area (Å²) in [5, 5.41) is 19.1. The van der Waals surface area contributed by atoms with E-state index < -0.39 is 0 Å². The van der Waals surface area contributed by atoms with E-state index in [4.69, 9.17) is 4.74 Å². The van der Waals surface area contributed by atoms with E-state index in [-0.39, 0.29) is 28.3 Å². The largest absolute Gasteiger partial charge is 0.507 e. The Morgan fingerprint density at radius 3 is 1.81 bits per heavy atom. The van der Waals surface area contributed by atoms with E-state index >= 15 is 0 Å². The molecule has 3 aromatic carbocycles. The van der Waals surface area contributed by atoms with Crippen LogP contribution in [0.1, 0.15) is 22.6 Å². The molecule has 31 heavy (non-hydrogen) atoms. The molecule has 3 aromatic rings. The molecule has 1 aliphatic rings. The molecule has 4 rings (SSSR count). The molecule has 1 atom stereocenters. The van der Waals surface area contributed by atoms with Crippen LogP contribution in [0.25, 0.3) is 0 Å². The van der Waals surface area contributed by atoms with Crippen molar-refractivity contribution in [1.29, 1.82) is 0 Å². The molecule has 0 fully saturated rings. The molecular formula is C25H25CoN2O3-. The maximum absolute atomic E-state index is 9.54. The third kappa shape index (κ3) is 7.27. The Bertz CT molecular complexity index is 965. The van der Waals surface area contributed by atoms with Crippen molar-refractivity contribution in [3.8, 4) is 17.2 Å². The smallest absolute Gasteiger partial charge is 0.124 e. The first kappa shape index (κ1) is 24.2. The Labute approximate surface area is 193 Å². The number of rotatable bonds is 5. The van der Waals surface area contributed by atoms with Crippen LogP contribution in [0.2, 0.25) is 0 Å². The summed E-state index contributed by atoms with van der Waals surface area (Å²) in [6, 6.07) is 22.1. The van der Waals surface area contributed by atoms with Gasteiger partial charge in [-0.1, -0.05) is 42.5 Å². The number of ether oxygens (including phenoxy) is 1. The van der Waals surface area contributed by atoms with E-state index in [0.29, 0.717) is 30.1 Å². The first-order valence-electron chi connectivity index (χ1n) is 9.75. The fraction of sp³-hybridized carbons (Fsp3) is 0.160. The average Bonchev–Trinajstić information content (AvgIpc) is 3.15. The minimum absolute atomic E-state index is 0. The van der Waals surface area contributed by atoms with Crippen LogP contribution in [0.4, 0.5) is 0 Å². The van der Waals surface area contributed by atoms with Crippen LogP contribution >= 0.6 is 0 Å². The van der Waals surface area contributed by atoms with Crippen LogP contribution in [0.5, 0.6) is 17.2 Å². The summed E-state index contributed by atoms with van der Waals surface area (Å²) in [6.45, 7) is 5.74. The molecule has 0 spiro atoms. The molecule has 6 heteroatoms. The van der Waals surface area contributed by atoms with Crippen LogP contribution in [0.3, 0.4) is 0 Å². The molecule has 2 N–H and O–H groups in total. The molecule has 0 saturated heterocycles. The number of para-hydroxylation sites is 3. The van der Waals surface area contributed by atoms with Crippen LogP contribution in [-0.4, -0.2) is 42.3 Å². The third-order valence-corrected chi connectivity index (χ3v) is 4.49. The Balaban J connectivity index is 0.000000260. The number of phenols is 2. The number of nitrogens with zero attached hydrogens (tertiary/aromatic N) is 2. The zero-order valence-electron chi connectivity index (χ0n) is 17.0. The Morgan fingerprint density at radius 1 is 0.806 bits per heavy atom. The SMILES string of the molecule is Oc1ccccc1C=NCCN=Cc1ccccc1O.[CH2-]C1COc2ccccc21.[Co]. The van der Waals surface area contributed by atoms with Crippen molar-refractivity contribution in [1.82, 2.24) is 0 Å². The molecule has 0 aromatic heterocycles. The van der Waals surface area contributed by atoms with Gasteiger partial charge >= 0.3 is 0 Å². The number of aliphatic imine (C=N–C) groups is 2. The fourth-order valence-corrected chi connectivity index (χ4v) is 2.86. The van der Waals surface area contributed by atoms with Crippen molar-refractivity contribution in [3.63, 3.8) is 0 Å². The summed E-state index contributed by atoms with van der Waals surface area (Å²) < 4.78 is 5.35. The molecule has 0 bridgehead atoms. The fourth-order valence-electron chi connectivity index (χ4n) is 2.86. The normalized spacial score (nSPS) is 14.4. The van der Waals surface area contributed by atoms with Gasteiger partial charge in [-0.05, 0) is 35.9 Å². The minimum Gasteiger partial charge on any atom is -0.507 e. The monoisotopic (exact) mass is 460 g/mol. The van der Waals surface area contributed by atoms with Crippen molar-refractivity contribution in [2.75, 3.05) is 19.7 Å². The predicted molar refractivity (Wildman–Crippen MR) is 121 cm³/mol. The minimum atomic E-state index is 0. The number of hydrogen-bond donors (Lipinski definition) is 2. The predicted octanol–water partition coefficient (Wildman–Crippen LogP) is 4.63. The number of aromatic hydroxyl groups is 2. The quantitative estimate of drug-likeness (QED) is 0.331. The van der Waals surface area contributed by atoms with Gasteiger partial charge in [0, 0.05) is 40.3 Å². The summed E-state index contributed by atoms with van der Waals surface area (Å²) in [6.07, 6.45) is 3.26. The van der Waals surface area contributed by atoms with E-state index in [0.717, 1.165) is 12.4 Å². The molecule has 5 nitrogen and oxygen atoms in total. The maximum atomic E-state index is 9.54. The van der Waals surface area contributed by atoms with Gasteiger partial charge in [0.1, 0.15) is 17.2 Å². The second kappa shape index (κ2) is 12.6. The van der Waals surface area contributed by atoms with Gasteiger partial charge < -0.3 is 21.9 Å². The number of fused-ring (bicyclic) bond motifs is 1. The van der Waals surface area contributed by atoms with Gasteiger partial charge in [0.15, 0.2) is 0 Å². The molecule has 0 aliphatic carbocycles. The second-order valence-electron chi connectivity index (χ2n) is 6.73. The van der Waals surface area contributed by atoms with Crippen molar-refractivity contribution in [2.24, 2.45) is 9.98 Å². The van der Waals surface area contributed by atoms with E-state index in [2.05, 4.69) is 23.0 Å². The molecule has 1 unspecified atom stereocenters. The molecular weight excluding hydrogens is 435 g/mol. The zero-order chi connectivity index (χ0) is 21.2. The van der Waals surface area contributed by atoms with Crippen LogP contribution in [-0.2, 0) is 16.8 Å². The standard InChI is InChI=1S/C16H16N2O2.C9H9O.Co/c19-15-7-3-1-5-13(15)11-17-9-10-18-12-14-6-2-4-8-16(14)20;1-7-6-10-9-5-3-2-4-8(7)9;/h1-8,11-12,19-20H,9-10H2;2-5,7H,1,6H2;/q;-1;. The van der Waals surface area contributed by atoms with E-state index in [1.807, 2.05) is 30.3 Å².